The molecular formula is C9H19N3OS. The third kappa shape index (κ3) is 6.80. The molecule has 5 heteroatoms. The summed E-state index contributed by atoms with van der Waals surface area (Å²) in [5.41, 5.74) is 5.37. The van der Waals surface area contributed by atoms with Crippen LogP contribution in [0.4, 0.5) is 0 Å². The van der Waals surface area contributed by atoms with Gasteiger partial charge in [-0.2, -0.15) is 0 Å². The zero-order valence-corrected chi connectivity index (χ0v) is 9.93. The lowest BCUT2D eigenvalue weighted by atomic mass is 10.3. The maximum Gasteiger partial charge on any atom is 0.223 e. The third-order valence-corrected chi connectivity index (χ3v) is 2.15. The van der Waals surface area contributed by atoms with Gasteiger partial charge in [-0.1, -0.05) is 12.2 Å². The molecule has 0 aromatic rings. The molecule has 0 fully saturated rings. The molecule has 0 aliphatic carbocycles. The number of hydrogen-bond acceptors (Lipinski definition) is 3. The van der Waals surface area contributed by atoms with Gasteiger partial charge >= 0.3 is 0 Å². The van der Waals surface area contributed by atoms with E-state index >= 15 is 0 Å². The van der Waals surface area contributed by atoms with Crippen LogP contribution in [0.3, 0.4) is 0 Å². The summed E-state index contributed by atoms with van der Waals surface area (Å²) in [5.74, 6) is 0.146. The van der Waals surface area contributed by atoms with Crippen LogP contribution in [-0.4, -0.2) is 54.9 Å². The quantitative estimate of drug-likeness (QED) is 0.640. The van der Waals surface area contributed by atoms with Crippen molar-refractivity contribution in [3.63, 3.8) is 0 Å². The second kappa shape index (κ2) is 6.73. The average molecular weight is 217 g/mol. The lowest BCUT2D eigenvalue weighted by Crippen LogP contribution is -2.29. The molecule has 0 atom stereocenters. The Kier molecular flexibility index (Phi) is 6.40. The Morgan fingerprint density at radius 3 is 2.14 bits per heavy atom. The summed E-state index contributed by atoms with van der Waals surface area (Å²) in [7, 11) is 5.48. The second-order valence-corrected chi connectivity index (χ2v) is 4.08. The summed E-state index contributed by atoms with van der Waals surface area (Å²) in [6.07, 6.45) is 1.25. The molecule has 0 aliphatic rings. The number of nitrogens with two attached hydrogens (primary N) is 1. The normalized spacial score (nSPS) is 10.3. The first-order valence-electron chi connectivity index (χ1n) is 4.60. The number of carbonyl (C=O) groups excluding carboxylic acids is 1. The lowest BCUT2D eigenvalue weighted by Gasteiger charge is -2.17. The predicted octanol–water partition coefficient (Wildman–Crippen LogP) is 0.0727. The minimum atomic E-state index is 0.146. The molecule has 0 aromatic heterocycles. The standard InChI is InChI=1S/C9H19N3OS/c1-11(2)9(13)5-7-12(3)6-4-8(10)14/h4-7H2,1-3H3,(H2,10,14). The Morgan fingerprint density at radius 2 is 1.71 bits per heavy atom. The fourth-order valence-electron chi connectivity index (χ4n) is 0.923. The van der Waals surface area contributed by atoms with Crippen LogP contribution in [0.5, 0.6) is 0 Å². The lowest BCUT2D eigenvalue weighted by molar-refractivity contribution is -0.128. The van der Waals surface area contributed by atoms with E-state index in [0.717, 1.165) is 13.1 Å². The fraction of sp³-hybridized carbons (Fsp3) is 0.778. The van der Waals surface area contributed by atoms with Gasteiger partial charge < -0.3 is 15.5 Å². The summed E-state index contributed by atoms with van der Waals surface area (Å²) >= 11 is 4.77. The minimum Gasteiger partial charge on any atom is -0.393 e. The van der Waals surface area contributed by atoms with Crippen molar-refractivity contribution in [2.24, 2.45) is 5.73 Å². The van der Waals surface area contributed by atoms with Crippen LogP contribution in [-0.2, 0) is 4.79 Å². The summed E-state index contributed by atoms with van der Waals surface area (Å²) in [5, 5.41) is 0. The zero-order chi connectivity index (χ0) is 11.1. The van der Waals surface area contributed by atoms with E-state index in [2.05, 4.69) is 4.90 Å². The fourth-order valence-corrected chi connectivity index (χ4v) is 1.01. The van der Waals surface area contributed by atoms with Crippen molar-refractivity contribution in [3.05, 3.63) is 0 Å². The monoisotopic (exact) mass is 217 g/mol. The summed E-state index contributed by atoms with van der Waals surface area (Å²) in [4.78, 5) is 15.4. The molecule has 0 radical (unpaired) electrons. The van der Waals surface area contributed by atoms with E-state index in [1.54, 1.807) is 19.0 Å². The number of carbonyl (C=O) groups is 1. The Labute approximate surface area is 91.0 Å². The Balaban J connectivity index is 3.58. The van der Waals surface area contributed by atoms with Gasteiger partial charge in [0, 0.05) is 40.0 Å². The molecule has 1 amide bonds. The van der Waals surface area contributed by atoms with Gasteiger partial charge in [-0.15, -0.1) is 0 Å². The molecule has 0 aromatic carbocycles. The van der Waals surface area contributed by atoms with Gasteiger partial charge in [-0.3, -0.25) is 4.79 Å². The van der Waals surface area contributed by atoms with Gasteiger partial charge in [-0.25, -0.2) is 0 Å². The van der Waals surface area contributed by atoms with Gasteiger partial charge in [0.2, 0.25) is 5.91 Å². The van der Waals surface area contributed by atoms with Crippen molar-refractivity contribution in [2.75, 3.05) is 34.2 Å². The molecule has 14 heavy (non-hydrogen) atoms. The molecule has 0 heterocycles. The Morgan fingerprint density at radius 1 is 1.21 bits per heavy atom. The van der Waals surface area contributed by atoms with E-state index in [9.17, 15) is 4.79 Å². The first-order chi connectivity index (χ1) is 6.43. The topological polar surface area (TPSA) is 49.6 Å². The van der Waals surface area contributed by atoms with Crippen LogP contribution in [0.2, 0.25) is 0 Å². The summed E-state index contributed by atoms with van der Waals surface area (Å²) in [6, 6.07) is 0. The molecule has 0 unspecified atom stereocenters. The van der Waals surface area contributed by atoms with Crippen LogP contribution in [0.1, 0.15) is 12.8 Å². The van der Waals surface area contributed by atoms with Gasteiger partial charge in [0.25, 0.3) is 0 Å². The molecule has 0 aliphatic heterocycles. The average Bonchev–Trinajstić information content (AvgIpc) is 2.10. The van der Waals surface area contributed by atoms with E-state index in [4.69, 9.17) is 18.0 Å². The van der Waals surface area contributed by atoms with Crippen LogP contribution in [0, 0.1) is 0 Å². The molecule has 4 nitrogen and oxygen atoms in total. The van der Waals surface area contributed by atoms with Crippen molar-refractivity contribution in [2.45, 2.75) is 12.8 Å². The van der Waals surface area contributed by atoms with E-state index in [0.29, 0.717) is 17.8 Å². The SMILES string of the molecule is CN(CCC(=O)N(C)C)CCC(N)=S. The summed E-state index contributed by atoms with van der Waals surface area (Å²) in [6.45, 7) is 1.57. The van der Waals surface area contributed by atoms with Crippen LogP contribution in [0.15, 0.2) is 0 Å². The van der Waals surface area contributed by atoms with E-state index in [1.165, 1.54) is 0 Å². The molecule has 82 valence electrons. The maximum atomic E-state index is 11.2. The Bertz CT molecular complexity index is 206. The largest absolute Gasteiger partial charge is 0.393 e. The molecule has 0 saturated carbocycles. The predicted molar refractivity (Wildman–Crippen MR) is 62.2 cm³/mol. The highest BCUT2D eigenvalue weighted by Gasteiger charge is 2.06. The minimum absolute atomic E-state index is 0.146. The van der Waals surface area contributed by atoms with Crippen molar-refractivity contribution < 1.29 is 4.79 Å². The molecular weight excluding hydrogens is 198 g/mol. The zero-order valence-electron chi connectivity index (χ0n) is 9.12. The first-order valence-corrected chi connectivity index (χ1v) is 5.01. The highest BCUT2D eigenvalue weighted by molar-refractivity contribution is 7.80. The van der Waals surface area contributed by atoms with E-state index in [-0.39, 0.29) is 5.91 Å². The Hall–Kier alpha value is -0.680. The number of amides is 1. The smallest absolute Gasteiger partial charge is 0.223 e. The van der Waals surface area contributed by atoms with Gasteiger partial charge in [0.15, 0.2) is 0 Å². The number of hydrogen-bond donors (Lipinski definition) is 1. The van der Waals surface area contributed by atoms with Crippen LogP contribution in [0.25, 0.3) is 0 Å². The van der Waals surface area contributed by atoms with Crippen molar-refractivity contribution in [3.8, 4) is 0 Å². The molecule has 0 rings (SSSR count). The number of nitrogens with zero attached hydrogens (tertiary/aromatic N) is 2. The summed E-state index contributed by atoms with van der Waals surface area (Å²) < 4.78 is 0. The van der Waals surface area contributed by atoms with Crippen molar-refractivity contribution in [1.29, 1.82) is 0 Å². The van der Waals surface area contributed by atoms with Crippen molar-refractivity contribution >= 4 is 23.1 Å². The van der Waals surface area contributed by atoms with Crippen LogP contribution >= 0.6 is 12.2 Å². The second-order valence-electron chi connectivity index (χ2n) is 3.56. The maximum absolute atomic E-state index is 11.2. The van der Waals surface area contributed by atoms with E-state index < -0.39 is 0 Å². The molecule has 0 spiro atoms. The van der Waals surface area contributed by atoms with Gasteiger partial charge in [-0.05, 0) is 7.05 Å². The van der Waals surface area contributed by atoms with E-state index in [1.807, 2.05) is 7.05 Å². The van der Waals surface area contributed by atoms with Gasteiger partial charge in [0.05, 0.1) is 4.99 Å². The highest BCUT2D eigenvalue weighted by atomic mass is 32.1. The molecule has 2 N–H and O–H groups in total. The third-order valence-electron chi connectivity index (χ3n) is 1.95. The highest BCUT2D eigenvalue weighted by Crippen LogP contribution is 1.93. The molecule has 0 bridgehead atoms. The number of thiocarbonyl (C=S) groups is 1. The van der Waals surface area contributed by atoms with Gasteiger partial charge in [0.1, 0.15) is 0 Å². The number of rotatable bonds is 6. The molecule has 0 saturated heterocycles. The van der Waals surface area contributed by atoms with Crippen LogP contribution < -0.4 is 5.73 Å². The van der Waals surface area contributed by atoms with Crippen molar-refractivity contribution in [1.82, 2.24) is 9.80 Å². The first kappa shape index (κ1) is 13.3.